The minimum Gasteiger partial charge on any atom is -0.481 e. The molecule has 0 aliphatic heterocycles. The first kappa shape index (κ1) is 15.9. The molecule has 0 saturated heterocycles. The molecule has 2 N–H and O–H groups in total. The molecule has 0 radical (unpaired) electrons. The highest BCUT2D eigenvalue weighted by atomic mass is 35.5. The number of halogens is 2. The van der Waals surface area contributed by atoms with Gasteiger partial charge in [0.1, 0.15) is 0 Å². The molecule has 0 spiro atoms. The summed E-state index contributed by atoms with van der Waals surface area (Å²) in [4.78, 5) is 22.9. The first-order chi connectivity index (χ1) is 9.97. The van der Waals surface area contributed by atoms with Gasteiger partial charge >= 0.3 is 5.97 Å². The van der Waals surface area contributed by atoms with E-state index in [2.05, 4.69) is 5.32 Å². The average Bonchev–Trinajstić information content (AvgIpc) is 2.88. The Morgan fingerprint density at radius 3 is 2.76 bits per heavy atom. The summed E-state index contributed by atoms with van der Waals surface area (Å²) in [6.07, 6.45) is 5.01. The largest absolute Gasteiger partial charge is 0.481 e. The van der Waals surface area contributed by atoms with E-state index in [9.17, 15) is 9.59 Å². The van der Waals surface area contributed by atoms with Gasteiger partial charge in [0, 0.05) is 22.2 Å². The average molecular weight is 328 g/mol. The minimum absolute atomic E-state index is 0.311. The number of rotatable bonds is 4. The second-order valence-electron chi connectivity index (χ2n) is 4.99. The van der Waals surface area contributed by atoms with Crippen molar-refractivity contribution >= 4 is 41.2 Å². The summed E-state index contributed by atoms with van der Waals surface area (Å²) in [6, 6.07) is 4.66. The number of amides is 1. The van der Waals surface area contributed by atoms with Crippen molar-refractivity contribution in [2.24, 2.45) is 5.92 Å². The van der Waals surface area contributed by atoms with E-state index in [0.29, 0.717) is 28.5 Å². The molecule has 2 unspecified atom stereocenters. The SMILES string of the molecule is O=C(C=Cc1cc(Cl)ccc1Cl)NC1CCCC1C(=O)O. The number of carbonyl (C=O) groups is 2. The van der Waals surface area contributed by atoms with E-state index in [4.69, 9.17) is 28.3 Å². The first-order valence-corrected chi connectivity index (χ1v) is 7.39. The molecule has 0 aromatic heterocycles. The van der Waals surface area contributed by atoms with Crippen LogP contribution in [0.15, 0.2) is 24.3 Å². The van der Waals surface area contributed by atoms with Gasteiger partial charge in [-0.1, -0.05) is 29.6 Å². The van der Waals surface area contributed by atoms with Crippen molar-refractivity contribution in [2.75, 3.05) is 0 Å². The molecule has 1 aliphatic carbocycles. The van der Waals surface area contributed by atoms with Crippen LogP contribution in [0, 0.1) is 5.92 Å². The van der Waals surface area contributed by atoms with Crippen molar-refractivity contribution in [1.82, 2.24) is 5.32 Å². The molecule has 1 amide bonds. The number of aliphatic carboxylic acids is 1. The predicted molar refractivity (Wildman–Crippen MR) is 82.4 cm³/mol. The Balaban J connectivity index is 2.00. The minimum atomic E-state index is -0.861. The number of nitrogens with one attached hydrogen (secondary N) is 1. The summed E-state index contributed by atoms with van der Waals surface area (Å²) in [6.45, 7) is 0. The van der Waals surface area contributed by atoms with Crippen molar-refractivity contribution in [3.05, 3.63) is 39.9 Å². The lowest BCUT2D eigenvalue weighted by Gasteiger charge is -2.16. The molecule has 0 bridgehead atoms. The standard InChI is InChI=1S/C15H15Cl2NO3/c16-10-5-6-12(17)9(8-10)4-7-14(19)18-13-3-1-2-11(13)15(20)21/h4-8,11,13H,1-3H2,(H,18,19)(H,20,21). The van der Waals surface area contributed by atoms with Crippen LogP contribution in [0.5, 0.6) is 0 Å². The van der Waals surface area contributed by atoms with E-state index < -0.39 is 11.9 Å². The second kappa shape index (κ2) is 6.96. The summed E-state index contributed by atoms with van der Waals surface area (Å²) in [5, 5.41) is 12.8. The molecule has 1 saturated carbocycles. The molecule has 2 atom stereocenters. The second-order valence-corrected chi connectivity index (χ2v) is 5.83. The van der Waals surface area contributed by atoms with Crippen molar-refractivity contribution < 1.29 is 14.7 Å². The van der Waals surface area contributed by atoms with Crippen LogP contribution in [0.4, 0.5) is 0 Å². The van der Waals surface area contributed by atoms with Gasteiger partial charge in [0.15, 0.2) is 0 Å². The maximum Gasteiger partial charge on any atom is 0.308 e. The summed E-state index contributed by atoms with van der Waals surface area (Å²) < 4.78 is 0. The van der Waals surface area contributed by atoms with Gasteiger partial charge in [-0.25, -0.2) is 0 Å². The Labute approximate surface area is 132 Å². The van der Waals surface area contributed by atoms with Crippen LogP contribution in [0.1, 0.15) is 24.8 Å². The lowest BCUT2D eigenvalue weighted by atomic mass is 10.0. The lowest BCUT2D eigenvalue weighted by molar-refractivity contribution is -0.142. The predicted octanol–water partition coefficient (Wildman–Crippen LogP) is 3.38. The number of carbonyl (C=O) groups excluding carboxylic acids is 1. The fourth-order valence-corrected chi connectivity index (χ4v) is 2.83. The van der Waals surface area contributed by atoms with Crippen molar-refractivity contribution in [3.63, 3.8) is 0 Å². The van der Waals surface area contributed by atoms with Gasteiger partial charge in [-0.15, -0.1) is 0 Å². The van der Waals surface area contributed by atoms with Gasteiger partial charge in [-0.3, -0.25) is 9.59 Å². The summed E-state index contributed by atoms with van der Waals surface area (Å²) >= 11 is 11.9. The zero-order valence-electron chi connectivity index (χ0n) is 11.2. The highest BCUT2D eigenvalue weighted by molar-refractivity contribution is 6.34. The molecular formula is C15H15Cl2NO3. The van der Waals surface area contributed by atoms with Gasteiger partial charge in [0.25, 0.3) is 0 Å². The van der Waals surface area contributed by atoms with Crippen molar-refractivity contribution in [2.45, 2.75) is 25.3 Å². The van der Waals surface area contributed by atoms with Gasteiger partial charge in [-0.05, 0) is 42.7 Å². The van der Waals surface area contributed by atoms with Gasteiger partial charge < -0.3 is 10.4 Å². The monoisotopic (exact) mass is 327 g/mol. The highest BCUT2D eigenvalue weighted by Gasteiger charge is 2.33. The fraction of sp³-hybridized carbons (Fsp3) is 0.333. The van der Waals surface area contributed by atoms with E-state index in [0.717, 1.165) is 6.42 Å². The van der Waals surface area contributed by atoms with Gasteiger partial charge in [-0.2, -0.15) is 0 Å². The van der Waals surface area contributed by atoms with Crippen LogP contribution in [0.2, 0.25) is 10.0 Å². The molecular weight excluding hydrogens is 313 g/mol. The van der Waals surface area contributed by atoms with Crippen LogP contribution >= 0.6 is 23.2 Å². The van der Waals surface area contributed by atoms with E-state index in [1.54, 1.807) is 24.3 Å². The van der Waals surface area contributed by atoms with Crippen molar-refractivity contribution in [3.8, 4) is 0 Å². The Hall–Kier alpha value is -1.52. The molecule has 21 heavy (non-hydrogen) atoms. The molecule has 1 aromatic rings. The van der Waals surface area contributed by atoms with E-state index in [1.165, 1.54) is 6.08 Å². The number of hydrogen-bond donors (Lipinski definition) is 2. The highest BCUT2D eigenvalue weighted by Crippen LogP contribution is 2.26. The lowest BCUT2D eigenvalue weighted by Crippen LogP contribution is -2.39. The Bertz CT molecular complexity index is 586. The first-order valence-electron chi connectivity index (χ1n) is 6.64. The number of hydrogen-bond acceptors (Lipinski definition) is 2. The fourth-order valence-electron chi connectivity index (χ4n) is 2.47. The third kappa shape index (κ3) is 4.22. The third-order valence-corrected chi connectivity index (χ3v) is 4.11. The van der Waals surface area contributed by atoms with Crippen molar-refractivity contribution in [1.29, 1.82) is 0 Å². The van der Waals surface area contributed by atoms with Crippen LogP contribution in [0.25, 0.3) is 6.08 Å². The van der Waals surface area contributed by atoms with Crippen LogP contribution in [0.3, 0.4) is 0 Å². The molecule has 4 nitrogen and oxygen atoms in total. The van der Waals surface area contributed by atoms with Crippen LogP contribution in [-0.2, 0) is 9.59 Å². The van der Waals surface area contributed by atoms with Crippen LogP contribution < -0.4 is 5.32 Å². The van der Waals surface area contributed by atoms with Crippen LogP contribution in [-0.4, -0.2) is 23.0 Å². The maximum absolute atomic E-state index is 11.9. The number of carboxylic acid groups (broad SMARTS) is 1. The Kier molecular flexibility index (Phi) is 5.26. The quantitative estimate of drug-likeness (QED) is 0.833. The van der Waals surface area contributed by atoms with E-state index in [-0.39, 0.29) is 11.9 Å². The summed E-state index contributed by atoms with van der Waals surface area (Å²) in [7, 11) is 0. The molecule has 2 rings (SSSR count). The zero-order chi connectivity index (χ0) is 15.4. The van der Waals surface area contributed by atoms with Gasteiger partial charge in [0.2, 0.25) is 5.91 Å². The van der Waals surface area contributed by atoms with Gasteiger partial charge in [0.05, 0.1) is 5.92 Å². The normalized spacial score (nSPS) is 21.6. The number of benzene rings is 1. The molecule has 1 fully saturated rings. The molecule has 1 aromatic carbocycles. The third-order valence-electron chi connectivity index (χ3n) is 3.53. The zero-order valence-corrected chi connectivity index (χ0v) is 12.7. The Morgan fingerprint density at radius 2 is 2.05 bits per heavy atom. The van der Waals surface area contributed by atoms with E-state index in [1.807, 2.05) is 0 Å². The summed E-state index contributed by atoms with van der Waals surface area (Å²) in [5.41, 5.74) is 0.639. The smallest absolute Gasteiger partial charge is 0.308 e. The summed E-state index contributed by atoms with van der Waals surface area (Å²) in [5.74, 6) is -1.69. The topological polar surface area (TPSA) is 66.4 Å². The Morgan fingerprint density at radius 1 is 1.29 bits per heavy atom. The van der Waals surface area contributed by atoms with E-state index >= 15 is 0 Å². The molecule has 112 valence electrons. The number of carboxylic acids is 1. The molecule has 1 aliphatic rings. The maximum atomic E-state index is 11.9. The molecule has 0 heterocycles. The molecule has 6 heteroatoms.